The zero-order valence-electron chi connectivity index (χ0n) is 14.8. The van der Waals surface area contributed by atoms with Gasteiger partial charge in [0.05, 0.1) is 18.9 Å². The summed E-state index contributed by atoms with van der Waals surface area (Å²) in [6.07, 6.45) is 7.03. The van der Waals surface area contributed by atoms with Crippen LogP contribution in [-0.2, 0) is 11.3 Å². The highest BCUT2D eigenvalue weighted by Crippen LogP contribution is 2.34. The molecule has 1 saturated heterocycles. The number of ether oxygens (including phenoxy) is 1. The lowest BCUT2D eigenvalue weighted by atomic mass is 10.0. The van der Waals surface area contributed by atoms with Crippen molar-refractivity contribution >= 4 is 11.8 Å². The Kier molecular flexibility index (Phi) is 5.26. The molecular weight excluding hydrogens is 330 g/mol. The average molecular weight is 355 g/mol. The highest BCUT2D eigenvalue weighted by Gasteiger charge is 2.31. The molecule has 7 heteroatoms. The van der Waals surface area contributed by atoms with Crippen LogP contribution in [0.4, 0.5) is 11.8 Å². The van der Waals surface area contributed by atoms with Gasteiger partial charge in [0.1, 0.15) is 5.82 Å². The minimum absolute atomic E-state index is 0.0544. The normalized spacial score (nSPS) is 19.5. The summed E-state index contributed by atoms with van der Waals surface area (Å²) in [7, 11) is 0. The lowest BCUT2D eigenvalue weighted by Gasteiger charge is -2.25. The van der Waals surface area contributed by atoms with E-state index in [1.54, 1.807) is 0 Å². The predicted octanol–water partition coefficient (Wildman–Crippen LogP) is 1.95. The van der Waals surface area contributed by atoms with Crippen LogP contribution >= 0.6 is 0 Å². The van der Waals surface area contributed by atoms with E-state index in [2.05, 4.69) is 26.3 Å². The molecule has 0 radical (unpaired) electrons. The molecule has 2 aliphatic rings. The van der Waals surface area contributed by atoms with E-state index in [0.29, 0.717) is 31.1 Å². The number of aliphatic hydroxyl groups is 1. The first-order valence-electron chi connectivity index (χ1n) is 9.30. The molecule has 3 heterocycles. The Morgan fingerprint density at radius 2 is 2.04 bits per heavy atom. The minimum Gasteiger partial charge on any atom is -0.395 e. The summed E-state index contributed by atoms with van der Waals surface area (Å²) in [5, 5.41) is 12.3. The number of hydrogen-bond donors (Lipinski definition) is 2. The molecule has 0 bridgehead atoms. The highest BCUT2D eigenvalue weighted by atomic mass is 16.5. The van der Waals surface area contributed by atoms with Crippen molar-refractivity contribution in [3.05, 3.63) is 41.9 Å². The summed E-state index contributed by atoms with van der Waals surface area (Å²) in [5.41, 5.74) is 2.24. The van der Waals surface area contributed by atoms with Gasteiger partial charge in [-0.1, -0.05) is 0 Å². The third-order valence-corrected chi connectivity index (χ3v) is 4.86. The van der Waals surface area contributed by atoms with Crippen LogP contribution in [0.3, 0.4) is 0 Å². The number of hydrogen-bond acceptors (Lipinski definition) is 7. The Bertz CT molecular complexity index is 717. The number of nitrogens with one attached hydrogen (secondary N) is 1. The van der Waals surface area contributed by atoms with Gasteiger partial charge in [-0.25, -0.2) is 4.98 Å². The third-order valence-electron chi connectivity index (χ3n) is 4.86. The molecule has 0 spiro atoms. The van der Waals surface area contributed by atoms with E-state index in [-0.39, 0.29) is 6.61 Å². The molecule has 2 aromatic rings. The monoisotopic (exact) mass is 355 g/mol. The first-order chi connectivity index (χ1) is 12.8. The Hall–Kier alpha value is -2.25. The van der Waals surface area contributed by atoms with E-state index in [4.69, 9.17) is 14.8 Å². The molecule has 138 valence electrons. The second-order valence-electron chi connectivity index (χ2n) is 6.90. The molecule has 1 atom stereocenters. The largest absolute Gasteiger partial charge is 0.395 e. The summed E-state index contributed by atoms with van der Waals surface area (Å²) in [4.78, 5) is 15.9. The summed E-state index contributed by atoms with van der Waals surface area (Å²) in [5.74, 6) is 1.84. The van der Waals surface area contributed by atoms with Gasteiger partial charge in [0, 0.05) is 50.1 Å². The van der Waals surface area contributed by atoms with Crippen LogP contribution in [0.1, 0.15) is 36.4 Å². The van der Waals surface area contributed by atoms with Gasteiger partial charge in [-0.05, 0) is 37.0 Å². The zero-order chi connectivity index (χ0) is 17.8. The van der Waals surface area contributed by atoms with Crippen molar-refractivity contribution in [3.8, 4) is 0 Å². The summed E-state index contributed by atoms with van der Waals surface area (Å²) >= 11 is 0. The second-order valence-corrected chi connectivity index (χ2v) is 6.90. The van der Waals surface area contributed by atoms with Crippen LogP contribution in [-0.4, -0.2) is 52.5 Å². The lowest BCUT2D eigenvalue weighted by molar-refractivity contribution is 0.193. The molecule has 4 rings (SSSR count). The van der Waals surface area contributed by atoms with E-state index < -0.39 is 0 Å². The van der Waals surface area contributed by atoms with Crippen molar-refractivity contribution in [1.82, 2.24) is 15.0 Å². The maximum atomic E-state index is 9.13. The van der Waals surface area contributed by atoms with Crippen LogP contribution in [0, 0.1) is 0 Å². The van der Waals surface area contributed by atoms with Crippen molar-refractivity contribution in [1.29, 1.82) is 0 Å². The fourth-order valence-corrected chi connectivity index (χ4v) is 3.29. The van der Waals surface area contributed by atoms with Crippen LogP contribution < -0.4 is 10.2 Å². The molecule has 2 N–H and O–H groups in total. The molecular formula is C19H25N5O2. The quantitative estimate of drug-likeness (QED) is 0.749. The summed E-state index contributed by atoms with van der Waals surface area (Å²) in [6.45, 7) is 2.80. The molecule has 1 aliphatic carbocycles. The molecule has 0 amide bonds. The predicted molar refractivity (Wildman–Crippen MR) is 99.2 cm³/mol. The Morgan fingerprint density at radius 3 is 2.73 bits per heavy atom. The Labute approximate surface area is 153 Å². The molecule has 2 fully saturated rings. The highest BCUT2D eigenvalue weighted by molar-refractivity contribution is 5.48. The van der Waals surface area contributed by atoms with Gasteiger partial charge < -0.3 is 20.1 Å². The van der Waals surface area contributed by atoms with Gasteiger partial charge in [0.15, 0.2) is 0 Å². The van der Waals surface area contributed by atoms with Gasteiger partial charge in [-0.2, -0.15) is 4.98 Å². The van der Waals surface area contributed by atoms with Crippen LogP contribution in [0.2, 0.25) is 0 Å². The van der Waals surface area contributed by atoms with Crippen molar-refractivity contribution in [2.75, 3.05) is 36.6 Å². The number of aromatic nitrogens is 3. The van der Waals surface area contributed by atoms with Gasteiger partial charge in [-0.15, -0.1) is 0 Å². The third kappa shape index (κ3) is 4.11. The van der Waals surface area contributed by atoms with E-state index in [1.807, 2.05) is 24.5 Å². The van der Waals surface area contributed by atoms with Crippen LogP contribution in [0.25, 0.3) is 0 Å². The SMILES string of the molecule is OCCNc1nc(C2CCOC2)cc(N(Cc2ccncc2)C2CC2)n1. The smallest absolute Gasteiger partial charge is 0.224 e. The standard InChI is InChI=1S/C19H25N5O2/c25-9-8-21-19-22-17(15-5-10-26-13-15)11-18(23-19)24(16-1-2-16)12-14-3-6-20-7-4-14/h3-4,6-7,11,15-16,25H,1-2,5,8-10,12-13H2,(H,21,22,23). The van der Waals surface area contributed by atoms with Crippen molar-refractivity contribution in [2.24, 2.45) is 0 Å². The number of nitrogens with zero attached hydrogens (tertiary/aromatic N) is 4. The number of pyridine rings is 1. The van der Waals surface area contributed by atoms with Gasteiger partial charge in [-0.3, -0.25) is 4.98 Å². The first kappa shape index (κ1) is 17.2. The molecule has 1 aliphatic heterocycles. The molecule has 1 unspecified atom stereocenters. The van der Waals surface area contributed by atoms with Crippen LogP contribution in [0.5, 0.6) is 0 Å². The fraction of sp³-hybridized carbons (Fsp3) is 0.526. The first-order valence-corrected chi connectivity index (χ1v) is 9.30. The van der Waals surface area contributed by atoms with Gasteiger partial charge in [0.2, 0.25) is 5.95 Å². The Morgan fingerprint density at radius 1 is 1.19 bits per heavy atom. The maximum absolute atomic E-state index is 9.13. The molecule has 26 heavy (non-hydrogen) atoms. The van der Waals surface area contributed by atoms with Gasteiger partial charge >= 0.3 is 0 Å². The zero-order valence-corrected chi connectivity index (χ0v) is 14.8. The van der Waals surface area contributed by atoms with E-state index in [1.165, 1.54) is 18.4 Å². The minimum atomic E-state index is 0.0544. The number of rotatable bonds is 8. The van der Waals surface area contributed by atoms with Gasteiger partial charge in [0.25, 0.3) is 0 Å². The fourth-order valence-electron chi connectivity index (χ4n) is 3.29. The molecule has 2 aromatic heterocycles. The maximum Gasteiger partial charge on any atom is 0.224 e. The van der Waals surface area contributed by atoms with Crippen molar-refractivity contribution in [3.63, 3.8) is 0 Å². The van der Waals surface area contributed by atoms with Crippen molar-refractivity contribution < 1.29 is 9.84 Å². The second kappa shape index (κ2) is 7.97. The number of aliphatic hydroxyl groups excluding tert-OH is 1. The average Bonchev–Trinajstić information content (AvgIpc) is 3.37. The van der Waals surface area contributed by atoms with E-state index >= 15 is 0 Å². The molecule has 0 aromatic carbocycles. The van der Waals surface area contributed by atoms with E-state index in [0.717, 1.165) is 31.1 Å². The topological polar surface area (TPSA) is 83.4 Å². The van der Waals surface area contributed by atoms with E-state index in [9.17, 15) is 0 Å². The summed E-state index contributed by atoms with van der Waals surface area (Å²) < 4.78 is 5.55. The lowest BCUT2D eigenvalue weighted by Crippen LogP contribution is -2.27. The summed E-state index contributed by atoms with van der Waals surface area (Å²) in [6, 6.07) is 6.74. The Balaban J connectivity index is 1.64. The molecule has 1 saturated carbocycles. The number of anilines is 2. The molecule has 7 nitrogen and oxygen atoms in total. The van der Waals surface area contributed by atoms with Crippen LogP contribution in [0.15, 0.2) is 30.6 Å². The van der Waals surface area contributed by atoms with Crippen molar-refractivity contribution in [2.45, 2.75) is 37.8 Å².